The third kappa shape index (κ3) is 8.79. The Hall–Kier alpha value is -4.10. The molecule has 4 aromatic rings. The molecule has 1 saturated heterocycles. The largest absolute Gasteiger partial charge is 0.755 e. The fourth-order valence-electron chi connectivity index (χ4n) is 5.66. The third-order valence-corrected chi connectivity index (χ3v) is 9.28. The van der Waals surface area contributed by atoms with Crippen molar-refractivity contribution in [1.82, 2.24) is 10.2 Å². The molecule has 0 spiro atoms. The molecule has 46 heavy (non-hydrogen) atoms. The number of amides is 2. The molecule has 5 rings (SSSR count). The van der Waals surface area contributed by atoms with Crippen LogP contribution in [0.1, 0.15) is 42.0 Å². The topological polar surface area (TPSA) is 136 Å². The molecule has 1 aliphatic heterocycles. The fraction of sp³-hybridized carbons (Fsp3) is 0.294. The minimum Gasteiger partial charge on any atom is -0.755 e. The number of rotatable bonds is 13. The molecule has 0 aromatic heterocycles. The maximum Gasteiger partial charge on any atom is 0.264 e. The van der Waals surface area contributed by atoms with Crippen molar-refractivity contribution in [2.75, 3.05) is 23.7 Å². The zero-order valence-corrected chi connectivity index (χ0v) is 27.0. The van der Waals surface area contributed by atoms with E-state index in [1.807, 2.05) is 36.4 Å². The van der Waals surface area contributed by atoms with Crippen LogP contribution < -0.4 is 9.62 Å². The fourth-order valence-corrected chi connectivity index (χ4v) is 6.70. The van der Waals surface area contributed by atoms with Crippen LogP contribution in [0.3, 0.4) is 0 Å². The van der Waals surface area contributed by atoms with Gasteiger partial charge in [-0.15, -0.1) is 0 Å². The van der Waals surface area contributed by atoms with Gasteiger partial charge in [0.05, 0.1) is 25.3 Å². The predicted molar refractivity (Wildman–Crippen MR) is 177 cm³/mol. The maximum atomic E-state index is 13.8. The molecule has 0 bridgehead atoms. The maximum absolute atomic E-state index is 13.8. The summed E-state index contributed by atoms with van der Waals surface area (Å²) in [6.07, 6.45) is 2.72. The number of hydrogen-bond acceptors (Lipinski definition) is 7. The summed E-state index contributed by atoms with van der Waals surface area (Å²) >= 11 is -2.73. The van der Waals surface area contributed by atoms with Crippen molar-refractivity contribution < 1.29 is 31.0 Å². The van der Waals surface area contributed by atoms with E-state index in [2.05, 4.69) is 5.32 Å². The van der Waals surface area contributed by atoms with Gasteiger partial charge in [0, 0.05) is 36.5 Å². The first-order valence-corrected chi connectivity index (χ1v) is 17.8. The van der Waals surface area contributed by atoms with Crippen LogP contribution in [-0.4, -0.2) is 59.3 Å². The zero-order valence-electron chi connectivity index (χ0n) is 25.4. The Morgan fingerprint density at radius 2 is 1.54 bits per heavy atom. The molecule has 10 nitrogen and oxygen atoms in total. The first-order chi connectivity index (χ1) is 22.1. The highest BCUT2D eigenvalue weighted by molar-refractivity contribution is 7.85. The summed E-state index contributed by atoms with van der Waals surface area (Å²) in [7, 11) is -3.59. The number of likely N-dealkylation sites (tertiary alicyclic amines) is 1. The number of benzene rings is 4. The van der Waals surface area contributed by atoms with E-state index < -0.39 is 39.4 Å². The number of nitrogens with zero attached hydrogens (tertiary/aromatic N) is 2. The van der Waals surface area contributed by atoms with Crippen molar-refractivity contribution in [1.29, 1.82) is 0 Å². The van der Waals surface area contributed by atoms with Crippen LogP contribution in [0.4, 0.5) is 5.69 Å². The average molecular weight is 663 g/mol. The van der Waals surface area contributed by atoms with Gasteiger partial charge in [0.25, 0.3) is 10.1 Å². The zero-order chi connectivity index (χ0) is 32.7. The highest BCUT2D eigenvalue weighted by Crippen LogP contribution is 2.33. The quantitative estimate of drug-likeness (QED) is 0.166. The Morgan fingerprint density at radius 1 is 0.913 bits per heavy atom. The number of carbonyl (C=O) groups excluding carboxylic acids is 2. The van der Waals surface area contributed by atoms with E-state index in [9.17, 15) is 26.8 Å². The summed E-state index contributed by atoms with van der Waals surface area (Å²) in [4.78, 5) is 29.1. The summed E-state index contributed by atoms with van der Waals surface area (Å²) < 4.78 is 54.4. The van der Waals surface area contributed by atoms with Gasteiger partial charge in [0.15, 0.2) is 0 Å². The van der Waals surface area contributed by atoms with Crippen molar-refractivity contribution in [2.24, 2.45) is 0 Å². The third-order valence-electron chi connectivity index (χ3n) is 7.95. The van der Waals surface area contributed by atoms with Gasteiger partial charge in [0.1, 0.15) is 6.04 Å². The molecule has 4 aromatic carbocycles. The van der Waals surface area contributed by atoms with Gasteiger partial charge in [-0.05, 0) is 52.4 Å². The Morgan fingerprint density at radius 3 is 2.20 bits per heavy atom. The summed E-state index contributed by atoms with van der Waals surface area (Å²) in [5.74, 6) is -0.675. The van der Waals surface area contributed by atoms with E-state index in [-0.39, 0.29) is 25.4 Å². The van der Waals surface area contributed by atoms with Gasteiger partial charge < -0.3 is 14.8 Å². The number of carbonyl (C=O) groups is 2. The van der Waals surface area contributed by atoms with E-state index in [4.69, 9.17) is 4.18 Å². The summed E-state index contributed by atoms with van der Waals surface area (Å²) in [6, 6.07) is 27.1. The normalized spacial score (nSPS) is 15.3. The SMILES string of the molecule is CS(=O)(=O)OCc1ccc(CC(NC(=O)CC(c2ccccc2)N(c2ccc3ccccc3c2)S(=O)[O-])C(=O)N2CCCC2)cc1. The van der Waals surface area contributed by atoms with Crippen molar-refractivity contribution in [3.05, 3.63) is 114 Å². The number of hydrogen-bond donors (Lipinski definition) is 1. The second-order valence-corrected chi connectivity index (χ2v) is 13.8. The minimum absolute atomic E-state index is 0.109. The molecular weight excluding hydrogens is 627 g/mol. The molecular formula is C34H36N3O7S2-. The van der Waals surface area contributed by atoms with Gasteiger partial charge in [-0.1, -0.05) is 84.9 Å². The van der Waals surface area contributed by atoms with Crippen molar-refractivity contribution in [3.8, 4) is 0 Å². The molecule has 1 aliphatic rings. The van der Waals surface area contributed by atoms with Crippen LogP contribution in [0.5, 0.6) is 0 Å². The van der Waals surface area contributed by atoms with Crippen LogP contribution >= 0.6 is 0 Å². The van der Waals surface area contributed by atoms with Crippen LogP contribution in [0.15, 0.2) is 97.1 Å². The van der Waals surface area contributed by atoms with Crippen LogP contribution in [0.25, 0.3) is 10.8 Å². The summed E-state index contributed by atoms with van der Waals surface area (Å²) in [5.41, 5.74) is 2.45. The first-order valence-electron chi connectivity index (χ1n) is 15.0. The van der Waals surface area contributed by atoms with Crippen LogP contribution in [0, 0.1) is 0 Å². The van der Waals surface area contributed by atoms with E-state index in [1.54, 1.807) is 65.6 Å². The molecule has 242 valence electrons. The second-order valence-electron chi connectivity index (χ2n) is 11.3. The molecule has 1 fully saturated rings. The Bertz CT molecular complexity index is 1790. The van der Waals surface area contributed by atoms with E-state index in [0.29, 0.717) is 29.9 Å². The molecule has 3 unspecified atom stereocenters. The standard InChI is InChI=1S/C34H37N3O7S2/c1-46(42,43)44-24-26-15-13-25(14-16-26)21-31(34(39)36-19-7-8-20-36)35-33(38)23-32(28-10-3-2-4-11-28)37(45(40)41)30-18-17-27-9-5-6-12-29(27)22-30/h2-6,9-18,22,31-32H,7-8,19-21,23-24H2,1H3,(H,35,38)(H,40,41)/p-1. The van der Waals surface area contributed by atoms with E-state index in [0.717, 1.165) is 35.4 Å². The van der Waals surface area contributed by atoms with E-state index in [1.165, 1.54) is 4.31 Å². The lowest BCUT2D eigenvalue weighted by Gasteiger charge is -2.35. The lowest BCUT2D eigenvalue weighted by Crippen LogP contribution is -2.49. The van der Waals surface area contributed by atoms with Crippen LogP contribution in [-0.2, 0) is 48.2 Å². The van der Waals surface area contributed by atoms with Crippen molar-refractivity contribution in [3.63, 3.8) is 0 Å². The van der Waals surface area contributed by atoms with Crippen LogP contribution in [0.2, 0.25) is 0 Å². The highest BCUT2D eigenvalue weighted by Gasteiger charge is 2.31. The minimum atomic E-state index is -3.59. The Balaban J connectivity index is 1.39. The molecule has 0 aliphatic carbocycles. The molecule has 0 radical (unpaired) electrons. The molecule has 3 atom stereocenters. The number of fused-ring (bicyclic) bond motifs is 1. The van der Waals surface area contributed by atoms with Gasteiger partial charge >= 0.3 is 0 Å². The Labute approximate surface area is 271 Å². The highest BCUT2D eigenvalue weighted by atomic mass is 32.2. The van der Waals surface area contributed by atoms with Crippen molar-refractivity contribution >= 4 is 49.7 Å². The summed E-state index contributed by atoms with van der Waals surface area (Å²) in [5, 5.41) is 4.73. The molecule has 2 amide bonds. The monoisotopic (exact) mass is 662 g/mol. The van der Waals surface area contributed by atoms with Gasteiger partial charge in [-0.25, -0.2) is 0 Å². The second kappa shape index (κ2) is 15.0. The lowest BCUT2D eigenvalue weighted by molar-refractivity contribution is -0.135. The number of anilines is 1. The molecule has 1 heterocycles. The van der Waals surface area contributed by atoms with E-state index >= 15 is 0 Å². The predicted octanol–water partition coefficient (Wildman–Crippen LogP) is 4.40. The average Bonchev–Trinajstić information content (AvgIpc) is 3.59. The first kappa shape index (κ1) is 33.3. The molecule has 1 N–H and O–H groups in total. The Kier molecular flexibility index (Phi) is 10.8. The molecule has 0 saturated carbocycles. The van der Waals surface area contributed by atoms with Gasteiger partial charge in [-0.3, -0.25) is 22.3 Å². The smallest absolute Gasteiger partial charge is 0.264 e. The van der Waals surface area contributed by atoms with Gasteiger partial charge in [0.2, 0.25) is 11.8 Å². The summed E-state index contributed by atoms with van der Waals surface area (Å²) in [6.45, 7) is 1.09. The van der Waals surface area contributed by atoms with Crippen molar-refractivity contribution in [2.45, 2.75) is 44.4 Å². The lowest BCUT2D eigenvalue weighted by atomic mass is 10.0. The molecule has 12 heteroatoms. The number of nitrogens with one attached hydrogen (secondary N) is 1. The van der Waals surface area contributed by atoms with Gasteiger partial charge in [-0.2, -0.15) is 8.42 Å².